The second-order valence-electron chi connectivity index (χ2n) is 7.29. The van der Waals surface area contributed by atoms with Crippen molar-refractivity contribution in [3.63, 3.8) is 0 Å². The number of hydrogen-bond acceptors (Lipinski definition) is 4. The fourth-order valence-electron chi connectivity index (χ4n) is 3.16. The van der Waals surface area contributed by atoms with E-state index >= 15 is 0 Å². The molecule has 1 aromatic heterocycles. The zero-order chi connectivity index (χ0) is 18.1. The second kappa shape index (κ2) is 12.2. The van der Waals surface area contributed by atoms with Crippen molar-refractivity contribution >= 4 is 41.3 Å². The molecule has 0 aliphatic carbocycles. The summed E-state index contributed by atoms with van der Waals surface area (Å²) in [4.78, 5) is 8.12. The van der Waals surface area contributed by atoms with E-state index in [1.165, 1.54) is 32.4 Å². The van der Waals surface area contributed by atoms with Gasteiger partial charge < -0.3 is 20.6 Å². The molecule has 26 heavy (non-hydrogen) atoms. The van der Waals surface area contributed by atoms with Crippen LogP contribution in [0, 0.1) is 5.92 Å². The van der Waals surface area contributed by atoms with Crippen molar-refractivity contribution in [3.05, 3.63) is 22.4 Å². The van der Waals surface area contributed by atoms with Gasteiger partial charge in [-0.2, -0.15) is 0 Å². The Morgan fingerprint density at radius 2 is 2.08 bits per heavy atom. The van der Waals surface area contributed by atoms with Gasteiger partial charge in [-0.3, -0.25) is 0 Å². The number of aliphatic hydroxyl groups is 1. The first-order valence-electron chi connectivity index (χ1n) is 9.52. The maximum Gasteiger partial charge on any atom is 0.191 e. The molecule has 2 heterocycles. The number of guanidine groups is 1. The predicted octanol–water partition coefficient (Wildman–Crippen LogP) is 3.25. The molecule has 0 saturated carbocycles. The highest BCUT2D eigenvalue weighted by atomic mass is 127. The Morgan fingerprint density at radius 3 is 2.69 bits per heavy atom. The lowest BCUT2D eigenvalue weighted by atomic mass is 10.1. The SMILES string of the molecule is CCNC(=NCC(C)(O)c1cccs1)NCC(C)CN1CCCCC1.I. The average Bonchev–Trinajstić information content (AvgIpc) is 3.14. The maximum absolute atomic E-state index is 10.6. The van der Waals surface area contributed by atoms with Crippen LogP contribution in [0.15, 0.2) is 22.5 Å². The second-order valence-corrected chi connectivity index (χ2v) is 8.24. The number of nitrogens with one attached hydrogen (secondary N) is 2. The van der Waals surface area contributed by atoms with Crippen LogP contribution >= 0.6 is 35.3 Å². The lowest BCUT2D eigenvalue weighted by Crippen LogP contribution is -2.43. The van der Waals surface area contributed by atoms with E-state index in [2.05, 4.69) is 34.4 Å². The first-order chi connectivity index (χ1) is 12.0. The minimum absolute atomic E-state index is 0. The van der Waals surface area contributed by atoms with Gasteiger partial charge in [-0.1, -0.05) is 19.4 Å². The number of piperidine rings is 1. The summed E-state index contributed by atoms with van der Waals surface area (Å²) in [7, 11) is 0. The summed E-state index contributed by atoms with van der Waals surface area (Å²) in [6.45, 7) is 11.8. The number of likely N-dealkylation sites (tertiary alicyclic amines) is 1. The minimum Gasteiger partial charge on any atom is -0.383 e. The van der Waals surface area contributed by atoms with Crippen LogP contribution in [-0.4, -0.2) is 55.2 Å². The van der Waals surface area contributed by atoms with Crippen molar-refractivity contribution in [1.29, 1.82) is 0 Å². The van der Waals surface area contributed by atoms with Crippen LogP contribution in [0.1, 0.15) is 44.9 Å². The van der Waals surface area contributed by atoms with E-state index < -0.39 is 5.60 Å². The Morgan fingerprint density at radius 1 is 1.35 bits per heavy atom. The molecule has 2 unspecified atom stereocenters. The van der Waals surface area contributed by atoms with E-state index in [1.54, 1.807) is 11.3 Å². The zero-order valence-electron chi connectivity index (χ0n) is 16.3. The van der Waals surface area contributed by atoms with Gasteiger partial charge in [0.15, 0.2) is 5.96 Å². The Bertz CT molecular complexity index is 516. The number of thiophene rings is 1. The van der Waals surface area contributed by atoms with Gasteiger partial charge in [0, 0.05) is 24.5 Å². The van der Waals surface area contributed by atoms with E-state index in [0.29, 0.717) is 12.5 Å². The molecule has 7 heteroatoms. The van der Waals surface area contributed by atoms with E-state index in [4.69, 9.17) is 0 Å². The third-order valence-corrected chi connectivity index (χ3v) is 5.70. The molecule has 0 bridgehead atoms. The number of aliphatic imine (C=N–C) groups is 1. The Labute approximate surface area is 179 Å². The van der Waals surface area contributed by atoms with Crippen molar-refractivity contribution in [1.82, 2.24) is 15.5 Å². The molecule has 1 aliphatic heterocycles. The minimum atomic E-state index is -0.921. The summed E-state index contributed by atoms with van der Waals surface area (Å²) in [6, 6.07) is 3.92. The van der Waals surface area contributed by atoms with Crippen LogP contribution in [0.3, 0.4) is 0 Å². The molecule has 2 rings (SSSR count). The molecular formula is C19H35IN4OS. The molecule has 0 radical (unpaired) electrons. The summed E-state index contributed by atoms with van der Waals surface area (Å²) in [5.41, 5.74) is -0.921. The van der Waals surface area contributed by atoms with E-state index in [1.807, 2.05) is 24.4 Å². The fourth-order valence-corrected chi connectivity index (χ4v) is 3.94. The van der Waals surface area contributed by atoms with Gasteiger partial charge in [0.1, 0.15) is 5.60 Å². The lowest BCUT2D eigenvalue weighted by molar-refractivity contribution is 0.0711. The third-order valence-electron chi connectivity index (χ3n) is 4.58. The third kappa shape index (κ3) is 8.10. The molecule has 0 spiro atoms. The van der Waals surface area contributed by atoms with Crippen LogP contribution in [0.5, 0.6) is 0 Å². The highest BCUT2D eigenvalue weighted by Gasteiger charge is 2.24. The molecule has 150 valence electrons. The summed E-state index contributed by atoms with van der Waals surface area (Å²) in [5, 5.41) is 19.3. The van der Waals surface area contributed by atoms with E-state index in [-0.39, 0.29) is 24.0 Å². The van der Waals surface area contributed by atoms with Gasteiger partial charge in [-0.25, -0.2) is 4.99 Å². The Kier molecular flexibility index (Phi) is 11.1. The number of halogens is 1. The molecular weight excluding hydrogens is 459 g/mol. The van der Waals surface area contributed by atoms with Crippen LogP contribution in [0.4, 0.5) is 0 Å². The zero-order valence-corrected chi connectivity index (χ0v) is 19.5. The molecule has 0 amide bonds. The average molecular weight is 494 g/mol. The van der Waals surface area contributed by atoms with E-state index in [9.17, 15) is 5.11 Å². The van der Waals surface area contributed by atoms with Crippen LogP contribution in [0.25, 0.3) is 0 Å². The van der Waals surface area contributed by atoms with Crippen molar-refractivity contribution in [2.24, 2.45) is 10.9 Å². The number of rotatable bonds is 8. The molecule has 1 aromatic rings. The number of hydrogen-bond donors (Lipinski definition) is 3. The molecule has 1 fully saturated rings. The van der Waals surface area contributed by atoms with Gasteiger partial charge in [0.25, 0.3) is 0 Å². The highest BCUT2D eigenvalue weighted by molar-refractivity contribution is 14.0. The quantitative estimate of drug-likeness (QED) is 0.295. The van der Waals surface area contributed by atoms with Gasteiger partial charge in [-0.05, 0) is 57.1 Å². The van der Waals surface area contributed by atoms with Crippen LogP contribution in [-0.2, 0) is 5.60 Å². The standard InChI is InChI=1S/C19H34N4OS.HI/c1-4-20-18(22-15-19(3,24)17-9-8-12-25-17)21-13-16(2)14-23-10-6-5-7-11-23;/h8-9,12,16,24H,4-7,10-11,13-15H2,1-3H3,(H2,20,21,22);1H. The molecule has 5 nitrogen and oxygen atoms in total. The summed E-state index contributed by atoms with van der Waals surface area (Å²) in [6.07, 6.45) is 4.05. The Hall–Kier alpha value is -0.380. The normalized spacial score (nSPS) is 19.3. The lowest BCUT2D eigenvalue weighted by Gasteiger charge is -2.29. The molecule has 3 N–H and O–H groups in total. The van der Waals surface area contributed by atoms with Crippen molar-refractivity contribution < 1.29 is 5.11 Å². The number of nitrogens with zero attached hydrogens (tertiary/aromatic N) is 2. The largest absolute Gasteiger partial charge is 0.383 e. The summed E-state index contributed by atoms with van der Waals surface area (Å²) < 4.78 is 0. The molecule has 2 atom stereocenters. The summed E-state index contributed by atoms with van der Waals surface area (Å²) in [5.74, 6) is 1.35. The van der Waals surface area contributed by atoms with Gasteiger partial charge in [-0.15, -0.1) is 35.3 Å². The van der Waals surface area contributed by atoms with Gasteiger partial charge in [0.05, 0.1) is 6.54 Å². The summed E-state index contributed by atoms with van der Waals surface area (Å²) >= 11 is 1.57. The maximum atomic E-state index is 10.6. The topological polar surface area (TPSA) is 59.9 Å². The first kappa shape index (κ1) is 23.7. The Balaban J connectivity index is 0.00000338. The monoisotopic (exact) mass is 494 g/mol. The van der Waals surface area contributed by atoms with Crippen LogP contribution in [0.2, 0.25) is 0 Å². The van der Waals surface area contributed by atoms with Crippen molar-refractivity contribution in [3.8, 4) is 0 Å². The van der Waals surface area contributed by atoms with Crippen molar-refractivity contribution in [2.45, 2.75) is 45.6 Å². The highest BCUT2D eigenvalue weighted by Crippen LogP contribution is 2.25. The van der Waals surface area contributed by atoms with Gasteiger partial charge in [0.2, 0.25) is 0 Å². The van der Waals surface area contributed by atoms with Crippen LogP contribution < -0.4 is 10.6 Å². The smallest absolute Gasteiger partial charge is 0.191 e. The van der Waals surface area contributed by atoms with Gasteiger partial charge >= 0.3 is 0 Å². The molecule has 1 aliphatic rings. The molecule has 1 saturated heterocycles. The first-order valence-corrected chi connectivity index (χ1v) is 10.4. The van der Waals surface area contributed by atoms with E-state index in [0.717, 1.165) is 30.5 Å². The van der Waals surface area contributed by atoms with Crippen molar-refractivity contribution in [2.75, 3.05) is 39.3 Å². The molecule has 0 aromatic carbocycles. The predicted molar refractivity (Wildman–Crippen MR) is 123 cm³/mol. The fraction of sp³-hybridized carbons (Fsp3) is 0.737.